The number of aldehydes is 1. The van der Waals surface area contributed by atoms with E-state index in [4.69, 9.17) is 0 Å². The summed E-state index contributed by atoms with van der Waals surface area (Å²) in [5.74, 6) is -0.687. The number of rotatable bonds is 11. The van der Waals surface area contributed by atoms with Crippen molar-refractivity contribution in [2.75, 3.05) is 0 Å². The van der Waals surface area contributed by atoms with Crippen molar-refractivity contribution >= 4 is 29.1 Å². The number of aromatic nitrogens is 2. The van der Waals surface area contributed by atoms with E-state index in [9.17, 15) is 19.2 Å². The molecule has 7 nitrogen and oxygen atoms in total. The quantitative estimate of drug-likeness (QED) is 0.348. The molecule has 0 spiro atoms. The van der Waals surface area contributed by atoms with E-state index in [0.717, 1.165) is 55.0 Å². The van der Waals surface area contributed by atoms with Crippen LogP contribution in [0.15, 0.2) is 23.0 Å². The number of para-hydroxylation sites is 1. The molecular weight excluding hydrogens is 382 g/mol. The number of carbonyl (C=O) groups is 3. The van der Waals surface area contributed by atoms with Gasteiger partial charge >= 0.3 is 5.69 Å². The number of nitrogens with zero attached hydrogens (tertiary/aromatic N) is 2. The highest BCUT2D eigenvalue weighted by atomic mass is 16.2. The van der Waals surface area contributed by atoms with Gasteiger partial charge in [-0.15, -0.1) is 0 Å². The zero-order chi connectivity index (χ0) is 21.5. The van der Waals surface area contributed by atoms with Crippen LogP contribution in [0.3, 0.4) is 0 Å². The summed E-state index contributed by atoms with van der Waals surface area (Å²) in [5.41, 5.74) is 2.53. The maximum Gasteiger partial charge on any atom is 0.329 e. The van der Waals surface area contributed by atoms with Gasteiger partial charge in [0, 0.05) is 19.9 Å². The molecule has 2 heterocycles. The van der Waals surface area contributed by atoms with Crippen LogP contribution in [0.25, 0.3) is 11.0 Å². The molecule has 1 aromatic carbocycles. The third kappa shape index (κ3) is 4.89. The van der Waals surface area contributed by atoms with Crippen LogP contribution in [0, 0.1) is 0 Å². The van der Waals surface area contributed by atoms with Crippen molar-refractivity contribution in [3.05, 3.63) is 34.2 Å². The third-order valence-electron chi connectivity index (χ3n) is 5.98. The maximum absolute atomic E-state index is 12.9. The number of piperidine rings is 1. The molecule has 1 saturated heterocycles. The van der Waals surface area contributed by atoms with Gasteiger partial charge in [-0.2, -0.15) is 0 Å². The first-order chi connectivity index (χ1) is 14.5. The number of fused-ring (bicyclic) bond motifs is 1. The highest BCUT2D eigenvalue weighted by Gasteiger charge is 2.31. The van der Waals surface area contributed by atoms with Gasteiger partial charge in [0.25, 0.3) is 0 Å². The summed E-state index contributed by atoms with van der Waals surface area (Å²) in [5, 5.41) is 2.35. The summed E-state index contributed by atoms with van der Waals surface area (Å²) >= 11 is 0. The Hall–Kier alpha value is -2.70. The number of aryl methyl sites for hydroxylation is 2. The predicted molar refractivity (Wildman–Crippen MR) is 115 cm³/mol. The van der Waals surface area contributed by atoms with E-state index in [1.807, 2.05) is 12.1 Å². The van der Waals surface area contributed by atoms with Gasteiger partial charge < -0.3 is 4.79 Å². The Kier molecular flexibility index (Phi) is 7.60. The summed E-state index contributed by atoms with van der Waals surface area (Å²) in [6.07, 6.45) is 11.0. The first kappa shape index (κ1) is 22.0. The minimum atomic E-state index is -0.645. The van der Waals surface area contributed by atoms with E-state index in [1.165, 1.54) is 19.3 Å². The van der Waals surface area contributed by atoms with Crippen LogP contribution < -0.4 is 11.0 Å². The molecule has 1 aliphatic rings. The molecule has 30 heavy (non-hydrogen) atoms. The molecule has 1 atom stereocenters. The lowest BCUT2D eigenvalue weighted by Crippen LogP contribution is -2.44. The molecule has 1 unspecified atom stereocenters. The predicted octanol–water partition coefficient (Wildman–Crippen LogP) is 3.18. The third-order valence-corrected chi connectivity index (χ3v) is 5.98. The first-order valence-electron chi connectivity index (χ1n) is 11.0. The van der Waals surface area contributed by atoms with Crippen molar-refractivity contribution in [3.63, 3.8) is 0 Å². The van der Waals surface area contributed by atoms with Gasteiger partial charge in [-0.1, -0.05) is 44.2 Å². The number of hydrogen-bond donors (Lipinski definition) is 1. The maximum atomic E-state index is 12.9. The molecule has 1 fully saturated rings. The number of carbonyl (C=O) groups excluding carboxylic acids is 3. The lowest BCUT2D eigenvalue weighted by molar-refractivity contribution is -0.135. The van der Waals surface area contributed by atoms with E-state index in [2.05, 4.69) is 11.4 Å². The molecule has 1 aromatic heterocycles. The van der Waals surface area contributed by atoms with Crippen LogP contribution in [0.5, 0.6) is 0 Å². The summed E-state index contributed by atoms with van der Waals surface area (Å²) in [4.78, 5) is 47.1. The number of benzene rings is 1. The summed E-state index contributed by atoms with van der Waals surface area (Å²) in [6, 6.07) is 5.22. The fourth-order valence-corrected chi connectivity index (χ4v) is 4.38. The van der Waals surface area contributed by atoms with Crippen LogP contribution >= 0.6 is 0 Å². The van der Waals surface area contributed by atoms with Crippen molar-refractivity contribution in [3.8, 4) is 0 Å². The first-order valence-corrected chi connectivity index (χ1v) is 11.0. The number of imide groups is 1. The fourth-order valence-electron chi connectivity index (χ4n) is 4.38. The number of nitrogens with one attached hydrogen (secondary N) is 1. The highest BCUT2D eigenvalue weighted by Crippen LogP contribution is 2.26. The summed E-state index contributed by atoms with van der Waals surface area (Å²) in [6.45, 7) is 0. The lowest BCUT2D eigenvalue weighted by Gasteiger charge is -2.21. The Balaban J connectivity index is 1.66. The normalized spacial score (nSPS) is 16.8. The molecular formula is C23H31N3O4. The molecule has 7 heteroatoms. The smallest absolute Gasteiger partial charge is 0.303 e. The molecule has 0 bridgehead atoms. The SMILES string of the molecule is Cn1c(=O)n(C2CCC(=O)NC2=O)c2cccc(CCCCCCCCCC=O)c21. The molecule has 2 amide bonds. The van der Waals surface area contributed by atoms with Crippen LogP contribution in [0.1, 0.15) is 75.8 Å². The Morgan fingerprint density at radius 1 is 1.03 bits per heavy atom. The van der Waals surface area contributed by atoms with Crippen LogP contribution in [0.2, 0.25) is 0 Å². The van der Waals surface area contributed by atoms with Crippen LogP contribution in [-0.4, -0.2) is 27.2 Å². The van der Waals surface area contributed by atoms with Gasteiger partial charge in [-0.3, -0.25) is 24.0 Å². The van der Waals surface area contributed by atoms with Gasteiger partial charge in [-0.05, 0) is 37.3 Å². The number of hydrogen-bond acceptors (Lipinski definition) is 4. The van der Waals surface area contributed by atoms with Crippen molar-refractivity contribution in [2.45, 2.75) is 76.7 Å². The Bertz CT molecular complexity index is 973. The number of imidazole rings is 1. The standard InChI is InChI=1S/C23H31N3O4/c1-25-21-17(11-8-6-4-2-3-5-7-9-16-27)12-10-13-18(21)26(23(25)30)19-14-15-20(28)24-22(19)29/h10,12-13,16,19H,2-9,11,14-15H2,1H3,(H,24,28,29). The Morgan fingerprint density at radius 3 is 2.43 bits per heavy atom. The van der Waals surface area contributed by atoms with Crippen molar-refractivity contribution in [2.24, 2.45) is 7.05 Å². The van der Waals surface area contributed by atoms with E-state index in [0.29, 0.717) is 12.8 Å². The van der Waals surface area contributed by atoms with Crippen molar-refractivity contribution < 1.29 is 14.4 Å². The van der Waals surface area contributed by atoms with E-state index in [1.54, 1.807) is 16.2 Å². The van der Waals surface area contributed by atoms with Gasteiger partial charge in [0.2, 0.25) is 11.8 Å². The molecule has 0 aliphatic carbocycles. The summed E-state index contributed by atoms with van der Waals surface area (Å²) < 4.78 is 3.17. The van der Waals surface area contributed by atoms with E-state index < -0.39 is 11.9 Å². The zero-order valence-electron chi connectivity index (χ0n) is 17.7. The second-order valence-corrected chi connectivity index (χ2v) is 8.14. The second-order valence-electron chi connectivity index (χ2n) is 8.14. The molecule has 1 N–H and O–H groups in total. The molecule has 3 rings (SSSR count). The van der Waals surface area contributed by atoms with Crippen molar-refractivity contribution in [1.82, 2.24) is 14.5 Å². The monoisotopic (exact) mass is 413 g/mol. The largest absolute Gasteiger partial charge is 0.329 e. The van der Waals surface area contributed by atoms with Gasteiger partial charge in [0.05, 0.1) is 11.0 Å². The number of unbranched alkanes of at least 4 members (excludes halogenated alkanes) is 7. The van der Waals surface area contributed by atoms with Gasteiger partial charge in [-0.25, -0.2) is 4.79 Å². The van der Waals surface area contributed by atoms with Gasteiger partial charge in [0.15, 0.2) is 0 Å². The topological polar surface area (TPSA) is 90.2 Å². The molecule has 2 aromatic rings. The van der Waals surface area contributed by atoms with Crippen LogP contribution in [0.4, 0.5) is 0 Å². The molecule has 0 radical (unpaired) electrons. The van der Waals surface area contributed by atoms with E-state index in [-0.39, 0.29) is 18.0 Å². The molecule has 1 aliphatic heterocycles. The molecule has 162 valence electrons. The Morgan fingerprint density at radius 2 is 1.73 bits per heavy atom. The van der Waals surface area contributed by atoms with Gasteiger partial charge in [0.1, 0.15) is 12.3 Å². The minimum Gasteiger partial charge on any atom is -0.303 e. The molecule has 0 saturated carbocycles. The summed E-state index contributed by atoms with van der Waals surface area (Å²) in [7, 11) is 1.75. The highest BCUT2D eigenvalue weighted by molar-refractivity contribution is 6.00. The number of amides is 2. The minimum absolute atomic E-state index is 0.220. The fraction of sp³-hybridized carbons (Fsp3) is 0.565. The average molecular weight is 414 g/mol. The van der Waals surface area contributed by atoms with Crippen molar-refractivity contribution in [1.29, 1.82) is 0 Å². The zero-order valence-corrected chi connectivity index (χ0v) is 17.7. The second kappa shape index (κ2) is 10.4. The van der Waals surface area contributed by atoms with E-state index >= 15 is 0 Å². The average Bonchev–Trinajstić information content (AvgIpc) is 2.98. The Labute approximate surface area is 176 Å². The lowest BCUT2D eigenvalue weighted by atomic mass is 10.0. The van der Waals surface area contributed by atoms with Crippen LogP contribution in [-0.2, 0) is 27.9 Å².